The molecule has 0 heterocycles. The van der Waals surface area contributed by atoms with Gasteiger partial charge in [-0.15, -0.1) is 0 Å². The van der Waals surface area contributed by atoms with Crippen molar-refractivity contribution in [3.05, 3.63) is 29.8 Å². The molecule has 0 bridgehead atoms. The Morgan fingerprint density at radius 3 is 2.37 bits per heavy atom. The van der Waals surface area contributed by atoms with Crippen LogP contribution in [0.15, 0.2) is 29.2 Å². The van der Waals surface area contributed by atoms with Gasteiger partial charge in [0.25, 0.3) is 0 Å². The summed E-state index contributed by atoms with van der Waals surface area (Å²) >= 11 is 0. The van der Waals surface area contributed by atoms with E-state index in [1.807, 2.05) is 19.1 Å². The zero-order valence-electron chi connectivity index (χ0n) is 11.7. The van der Waals surface area contributed by atoms with Gasteiger partial charge in [0.05, 0.1) is 4.90 Å². The Bertz CT molecular complexity index is 467. The average Bonchev–Trinajstić information content (AvgIpc) is 2.32. The molecule has 0 radical (unpaired) electrons. The highest BCUT2D eigenvalue weighted by Gasteiger charge is 2.05. The molecule has 1 unspecified atom stereocenters. The van der Waals surface area contributed by atoms with E-state index in [0.717, 1.165) is 37.9 Å². The standard InChI is InChI=1S/C14H24N2O2S/c1-12(15)5-3-4-10-16-11-13-6-8-14(9-7-13)19(2,17)18/h6-9,12,16H,3-5,10-11,15H2,1-2H3. The molecule has 0 aliphatic rings. The largest absolute Gasteiger partial charge is 0.328 e. The van der Waals surface area contributed by atoms with Gasteiger partial charge in [0.15, 0.2) is 9.84 Å². The summed E-state index contributed by atoms with van der Waals surface area (Å²) in [6.07, 6.45) is 4.53. The highest BCUT2D eigenvalue weighted by molar-refractivity contribution is 7.90. The maximum Gasteiger partial charge on any atom is 0.175 e. The fraction of sp³-hybridized carbons (Fsp3) is 0.571. The van der Waals surface area contributed by atoms with Crippen molar-refractivity contribution in [1.29, 1.82) is 0 Å². The lowest BCUT2D eigenvalue weighted by Gasteiger charge is -2.07. The number of nitrogens with one attached hydrogen (secondary N) is 1. The van der Waals surface area contributed by atoms with Gasteiger partial charge in [-0.1, -0.05) is 18.6 Å². The van der Waals surface area contributed by atoms with Crippen molar-refractivity contribution in [2.24, 2.45) is 5.73 Å². The first kappa shape index (κ1) is 16.1. The van der Waals surface area contributed by atoms with E-state index in [2.05, 4.69) is 5.32 Å². The van der Waals surface area contributed by atoms with E-state index in [1.165, 1.54) is 6.26 Å². The van der Waals surface area contributed by atoms with Crippen molar-refractivity contribution >= 4 is 9.84 Å². The molecule has 1 aromatic carbocycles. The fourth-order valence-electron chi connectivity index (χ4n) is 1.80. The maximum absolute atomic E-state index is 11.3. The topological polar surface area (TPSA) is 72.2 Å². The predicted octanol–water partition coefficient (Wildman–Crippen LogP) is 1.70. The third-order valence-corrected chi connectivity index (χ3v) is 4.07. The van der Waals surface area contributed by atoms with Crippen LogP contribution in [0.1, 0.15) is 31.7 Å². The van der Waals surface area contributed by atoms with Crippen molar-refractivity contribution in [1.82, 2.24) is 5.32 Å². The van der Waals surface area contributed by atoms with E-state index in [1.54, 1.807) is 12.1 Å². The van der Waals surface area contributed by atoms with Crippen LogP contribution in [0.5, 0.6) is 0 Å². The Morgan fingerprint density at radius 1 is 1.21 bits per heavy atom. The molecule has 1 rings (SSSR count). The Balaban J connectivity index is 2.27. The predicted molar refractivity (Wildman–Crippen MR) is 78.8 cm³/mol. The van der Waals surface area contributed by atoms with Crippen LogP contribution in [-0.4, -0.2) is 27.3 Å². The van der Waals surface area contributed by atoms with Gasteiger partial charge in [-0.3, -0.25) is 0 Å². The number of benzene rings is 1. The Kier molecular flexibility index (Phi) is 6.48. The third-order valence-electron chi connectivity index (χ3n) is 2.94. The second-order valence-corrected chi connectivity index (χ2v) is 7.08. The third kappa shape index (κ3) is 6.71. The fourth-order valence-corrected chi connectivity index (χ4v) is 2.43. The molecule has 0 saturated heterocycles. The zero-order valence-corrected chi connectivity index (χ0v) is 12.5. The van der Waals surface area contributed by atoms with Crippen molar-refractivity contribution in [3.8, 4) is 0 Å². The minimum atomic E-state index is -3.09. The van der Waals surface area contributed by atoms with Crippen molar-refractivity contribution < 1.29 is 8.42 Å². The molecule has 19 heavy (non-hydrogen) atoms. The smallest absolute Gasteiger partial charge is 0.175 e. The molecule has 1 atom stereocenters. The van der Waals surface area contributed by atoms with Crippen LogP contribution in [0.4, 0.5) is 0 Å². The molecule has 4 nitrogen and oxygen atoms in total. The van der Waals surface area contributed by atoms with Crippen LogP contribution in [-0.2, 0) is 16.4 Å². The Labute approximate surface area is 116 Å². The number of hydrogen-bond acceptors (Lipinski definition) is 4. The SMILES string of the molecule is CC(N)CCCCNCc1ccc(S(C)(=O)=O)cc1. The number of sulfone groups is 1. The molecule has 108 valence electrons. The van der Waals surface area contributed by atoms with Gasteiger partial charge in [-0.2, -0.15) is 0 Å². The Hall–Kier alpha value is -0.910. The van der Waals surface area contributed by atoms with Gasteiger partial charge in [-0.05, 0) is 44.0 Å². The molecule has 0 fully saturated rings. The molecule has 0 amide bonds. The second-order valence-electron chi connectivity index (χ2n) is 5.07. The number of hydrogen-bond donors (Lipinski definition) is 2. The molecule has 0 spiro atoms. The summed E-state index contributed by atoms with van der Waals surface area (Å²) < 4.78 is 22.6. The van der Waals surface area contributed by atoms with Gasteiger partial charge < -0.3 is 11.1 Å². The molecule has 0 aliphatic carbocycles. The minimum absolute atomic E-state index is 0.281. The lowest BCUT2D eigenvalue weighted by Crippen LogP contribution is -2.17. The quantitative estimate of drug-likeness (QED) is 0.713. The summed E-state index contributed by atoms with van der Waals surface area (Å²) in [5.41, 5.74) is 6.77. The van der Waals surface area contributed by atoms with Crippen molar-refractivity contribution in [3.63, 3.8) is 0 Å². The van der Waals surface area contributed by atoms with E-state index >= 15 is 0 Å². The van der Waals surface area contributed by atoms with Gasteiger partial charge in [0.1, 0.15) is 0 Å². The normalized spacial score (nSPS) is 13.4. The van der Waals surface area contributed by atoms with E-state index in [-0.39, 0.29) is 6.04 Å². The number of nitrogens with two attached hydrogens (primary N) is 1. The van der Waals surface area contributed by atoms with Crippen LogP contribution in [0, 0.1) is 0 Å². The molecular weight excluding hydrogens is 260 g/mol. The van der Waals surface area contributed by atoms with Crippen molar-refractivity contribution in [2.45, 2.75) is 43.7 Å². The summed E-state index contributed by atoms with van der Waals surface area (Å²) in [4.78, 5) is 0.369. The molecule has 0 aromatic heterocycles. The van der Waals surface area contributed by atoms with E-state index in [9.17, 15) is 8.42 Å². The molecule has 0 saturated carbocycles. The lowest BCUT2D eigenvalue weighted by molar-refractivity contribution is 0.563. The number of rotatable bonds is 8. The van der Waals surface area contributed by atoms with Crippen LogP contribution in [0.3, 0.4) is 0 Å². The van der Waals surface area contributed by atoms with Gasteiger partial charge in [0, 0.05) is 18.8 Å². The first-order chi connectivity index (χ1) is 8.89. The highest BCUT2D eigenvalue weighted by atomic mass is 32.2. The summed E-state index contributed by atoms with van der Waals surface area (Å²) in [6, 6.07) is 7.30. The minimum Gasteiger partial charge on any atom is -0.328 e. The van der Waals surface area contributed by atoms with Crippen LogP contribution >= 0.6 is 0 Å². The zero-order chi connectivity index (χ0) is 14.3. The van der Waals surface area contributed by atoms with Gasteiger partial charge >= 0.3 is 0 Å². The van der Waals surface area contributed by atoms with Gasteiger partial charge in [-0.25, -0.2) is 8.42 Å². The molecule has 5 heteroatoms. The van der Waals surface area contributed by atoms with E-state index < -0.39 is 9.84 Å². The molecule has 1 aromatic rings. The number of unbranched alkanes of at least 4 members (excludes halogenated alkanes) is 1. The monoisotopic (exact) mass is 284 g/mol. The molecule has 0 aliphatic heterocycles. The van der Waals surface area contributed by atoms with Gasteiger partial charge in [0.2, 0.25) is 0 Å². The first-order valence-corrected chi connectivity index (χ1v) is 8.54. The van der Waals surface area contributed by atoms with E-state index in [4.69, 9.17) is 5.73 Å². The molecular formula is C14H24N2O2S. The summed E-state index contributed by atoms with van der Waals surface area (Å²) in [7, 11) is -3.09. The first-order valence-electron chi connectivity index (χ1n) is 6.65. The van der Waals surface area contributed by atoms with E-state index in [0.29, 0.717) is 4.90 Å². The average molecular weight is 284 g/mol. The van der Waals surface area contributed by atoms with Crippen LogP contribution in [0.2, 0.25) is 0 Å². The summed E-state index contributed by atoms with van der Waals surface area (Å²) in [5.74, 6) is 0. The highest BCUT2D eigenvalue weighted by Crippen LogP contribution is 2.10. The van der Waals surface area contributed by atoms with Crippen molar-refractivity contribution in [2.75, 3.05) is 12.8 Å². The van der Waals surface area contributed by atoms with Crippen LogP contribution in [0.25, 0.3) is 0 Å². The lowest BCUT2D eigenvalue weighted by atomic mass is 10.1. The summed E-state index contributed by atoms with van der Waals surface area (Å²) in [5, 5.41) is 3.34. The van der Waals surface area contributed by atoms with Crippen LogP contribution < -0.4 is 11.1 Å². The maximum atomic E-state index is 11.3. The molecule has 3 N–H and O–H groups in total. The summed E-state index contributed by atoms with van der Waals surface area (Å²) in [6.45, 7) is 3.75. The second kappa shape index (κ2) is 7.62. The Morgan fingerprint density at radius 2 is 1.84 bits per heavy atom.